The number of allylic oxidation sites excluding steroid dienone is 2. The Morgan fingerprint density at radius 3 is 0.806 bits per heavy atom. The molecule has 0 aromatic carbocycles. The summed E-state index contributed by atoms with van der Waals surface area (Å²) in [7, 11) is 0. The lowest BCUT2D eigenvalue weighted by Gasteiger charge is -2.18. The third-order valence-corrected chi connectivity index (χ3v) is 12.5. The molecular weight excluding hydrogens is 769 g/mol. The van der Waals surface area contributed by atoms with Gasteiger partial charge >= 0.3 is 17.9 Å². The summed E-state index contributed by atoms with van der Waals surface area (Å²) in [4.78, 5) is 38.0. The van der Waals surface area contributed by atoms with Crippen molar-refractivity contribution in [2.24, 2.45) is 0 Å². The highest BCUT2D eigenvalue weighted by atomic mass is 16.6. The Kier molecular flexibility index (Phi) is 50.2. The zero-order valence-electron chi connectivity index (χ0n) is 41.9. The van der Waals surface area contributed by atoms with Crippen LogP contribution in [0.4, 0.5) is 0 Å². The van der Waals surface area contributed by atoms with Gasteiger partial charge in [0.1, 0.15) is 13.2 Å². The fourth-order valence-electron chi connectivity index (χ4n) is 8.32. The Morgan fingerprint density at radius 1 is 0.306 bits per heavy atom. The van der Waals surface area contributed by atoms with E-state index in [0.29, 0.717) is 19.3 Å². The first kappa shape index (κ1) is 60.2. The molecule has 0 saturated carbocycles. The molecular formula is C56H106O6. The zero-order valence-corrected chi connectivity index (χ0v) is 41.9. The summed E-state index contributed by atoms with van der Waals surface area (Å²) in [6.07, 6.45) is 57.7. The lowest BCUT2D eigenvalue weighted by Crippen LogP contribution is -2.30. The fourth-order valence-corrected chi connectivity index (χ4v) is 8.32. The Balaban J connectivity index is 4.31. The van der Waals surface area contributed by atoms with Crippen molar-refractivity contribution in [1.82, 2.24) is 0 Å². The van der Waals surface area contributed by atoms with Crippen LogP contribution in [0, 0.1) is 0 Å². The number of ether oxygens (including phenoxy) is 3. The monoisotopic (exact) mass is 875 g/mol. The summed E-state index contributed by atoms with van der Waals surface area (Å²) in [6.45, 7) is 6.67. The molecule has 0 aliphatic heterocycles. The van der Waals surface area contributed by atoms with Gasteiger partial charge in [-0.3, -0.25) is 14.4 Å². The molecule has 0 saturated heterocycles. The number of hydrogen-bond donors (Lipinski definition) is 0. The number of carbonyl (C=O) groups excluding carboxylic acids is 3. The first-order valence-electron chi connectivity index (χ1n) is 27.7. The van der Waals surface area contributed by atoms with Crippen molar-refractivity contribution in [3.8, 4) is 0 Å². The molecule has 0 heterocycles. The zero-order chi connectivity index (χ0) is 45.1. The van der Waals surface area contributed by atoms with Crippen LogP contribution in [-0.4, -0.2) is 37.2 Å². The molecule has 6 heteroatoms. The summed E-state index contributed by atoms with van der Waals surface area (Å²) in [5.74, 6) is -0.855. The average molecular weight is 875 g/mol. The number of carbonyl (C=O) groups is 3. The van der Waals surface area contributed by atoms with Crippen LogP contribution >= 0.6 is 0 Å². The van der Waals surface area contributed by atoms with Crippen molar-refractivity contribution in [3.63, 3.8) is 0 Å². The van der Waals surface area contributed by atoms with Crippen LogP contribution in [0.1, 0.15) is 310 Å². The minimum Gasteiger partial charge on any atom is -0.462 e. The van der Waals surface area contributed by atoms with Gasteiger partial charge in [0.15, 0.2) is 6.10 Å². The molecule has 366 valence electrons. The molecule has 0 aromatic heterocycles. The maximum atomic E-state index is 12.8. The SMILES string of the molecule is CCCCCCCC/C=C\CCCCCCCC(=O)OC[C@H](COC(=O)CCCCCCCCCCCCCC)OC(=O)CCCCCCCCCCCCCCCCCCC. The van der Waals surface area contributed by atoms with Gasteiger partial charge in [-0.15, -0.1) is 0 Å². The van der Waals surface area contributed by atoms with Crippen LogP contribution in [-0.2, 0) is 28.6 Å². The lowest BCUT2D eigenvalue weighted by molar-refractivity contribution is -0.167. The summed E-state index contributed by atoms with van der Waals surface area (Å²) < 4.78 is 16.8. The largest absolute Gasteiger partial charge is 0.462 e. The third-order valence-electron chi connectivity index (χ3n) is 12.5. The van der Waals surface area contributed by atoms with Gasteiger partial charge in [0.25, 0.3) is 0 Å². The summed E-state index contributed by atoms with van der Waals surface area (Å²) in [6, 6.07) is 0. The van der Waals surface area contributed by atoms with E-state index in [0.717, 1.165) is 64.2 Å². The van der Waals surface area contributed by atoms with E-state index in [4.69, 9.17) is 14.2 Å². The highest BCUT2D eigenvalue weighted by molar-refractivity contribution is 5.71. The maximum Gasteiger partial charge on any atom is 0.306 e. The minimum absolute atomic E-state index is 0.0669. The number of rotatable bonds is 51. The van der Waals surface area contributed by atoms with E-state index in [1.807, 2.05) is 0 Å². The van der Waals surface area contributed by atoms with E-state index in [-0.39, 0.29) is 31.1 Å². The Hall–Kier alpha value is -1.85. The molecule has 0 unspecified atom stereocenters. The van der Waals surface area contributed by atoms with Crippen molar-refractivity contribution in [3.05, 3.63) is 12.2 Å². The number of hydrogen-bond acceptors (Lipinski definition) is 6. The molecule has 1 atom stereocenters. The van der Waals surface area contributed by atoms with Crippen molar-refractivity contribution < 1.29 is 28.6 Å². The molecule has 0 radical (unpaired) electrons. The minimum atomic E-state index is -0.766. The molecule has 62 heavy (non-hydrogen) atoms. The van der Waals surface area contributed by atoms with Crippen LogP contribution in [0.25, 0.3) is 0 Å². The molecule has 0 rings (SSSR count). The average Bonchev–Trinajstić information content (AvgIpc) is 3.27. The Labute approximate surface area is 386 Å². The van der Waals surface area contributed by atoms with Crippen LogP contribution in [0.2, 0.25) is 0 Å². The molecule has 0 N–H and O–H groups in total. The Bertz CT molecular complexity index is 962. The molecule has 0 amide bonds. The molecule has 0 aliphatic rings. The van der Waals surface area contributed by atoms with Gasteiger partial charge in [-0.05, 0) is 44.9 Å². The van der Waals surface area contributed by atoms with Gasteiger partial charge in [0.2, 0.25) is 0 Å². The first-order valence-corrected chi connectivity index (χ1v) is 27.7. The van der Waals surface area contributed by atoms with Gasteiger partial charge in [-0.2, -0.15) is 0 Å². The Morgan fingerprint density at radius 2 is 0.532 bits per heavy atom. The second-order valence-corrected chi connectivity index (χ2v) is 18.9. The van der Waals surface area contributed by atoms with Gasteiger partial charge in [0, 0.05) is 19.3 Å². The van der Waals surface area contributed by atoms with Gasteiger partial charge < -0.3 is 14.2 Å². The summed E-state index contributed by atoms with van der Waals surface area (Å²) in [5.41, 5.74) is 0. The van der Waals surface area contributed by atoms with Crippen LogP contribution in [0.3, 0.4) is 0 Å². The van der Waals surface area contributed by atoms with E-state index in [1.54, 1.807) is 0 Å². The first-order chi connectivity index (χ1) is 30.5. The van der Waals surface area contributed by atoms with Gasteiger partial charge in [-0.25, -0.2) is 0 Å². The van der Waals surface area contributed by atoms with Crippen molar-refractivity contribution in [2.45, 2.75) is 316 Å². The molecule has 0 spiro atoms. The quantitative estimate of drug-likeness (QED) is 0.0262. The molecule has 0 aliphatic carbocycles. The van der Waals surface area contributed by atoms with Crippen molar-refractivity contribution in [2.75, 3.05) is 13.2 Å². The van der Waals surface area contributed by atoms with Crippen LogP contribution in [0.5, 0.6) is 0 Å². The molecule has 0 bridgehead atoms. The van der Waals surface area contributed by atoms with E-state index in [2.05, 4.69) is 32.9 Å². The molecule has 6 nitrogen and oxygen atoms in total. The lowest BCUT2D eigenvalue weighted by atomic mass is 10.0. The smallest absolute Gasteiger partial charge is 0.306 e. The number of esters is 3. The van der Waals surface area contributed by atoms with Crippen LogP contribution in [0.15, 0.2) is 12.2 Å². The molecule has 0 fully saturated rings. The van der Waals surface area contributed by atoms with Crippen molar-refractivity contribution in [1.29, 1.82) is 0 Å². The second-order valence-electron chi connectivity index (χ2n) is 18.9. The highest BCUT2D eigenvalue weighted by Gasteiger charge is 2.19. The van der Waals surface area contributed by atoms with Gasteiger partial charge in [0.05, 0.1) is 0 Å². The molecule has 0 aromatic rings. The highest BCUT2D eigenvalue weighted by Crippen LogP contribution is 2.17. The maximum absolute atomic E-state index is 12.8. The van der Waals surface area contributed by atoms with E-state index in [9.17, 15) is 14.4 Å². The van der Waals surface area contributed by atoms with E-state index < -0.39 is 6.10 Å². The third kappa shape index (κ3) is 49.2. The standard InChI is InChI=1S/C56H106O6/c1-4-7-10-13-16-19-22-25-27-28-30-32-35-38-41-44-47-50-56(59)62-53(51-60-54(57)48-45-42-39-36-33-24-21-18-15-12-9-6-3)52-61-55(58)49-46-43-40-37-34-31-29-26-23-20-17-14-11-8-5-2/h26,29,53H,4-25,27-28,30-52H2,1-3H3/b29-26-/t53-/m0/s1. The van der Waals surface area contributed by atoms with Crippen molar-refractivity contribution >= 4 is 17.9 Å². The normalized spacial score (nSPS) is 12.0. The summed E-state index contributed by atoms with van der Waals surface area (Å²) >= 11 is 0. The predicted octanol–water partition coefficient (Wildman–Crippen LogP) is 18.2. The predicted molar refractivity (Wildman–Crippen MR) is 266 cm³/mol. The fraction of sp³-hybridized carbons (Fsp3) is 0.911. The van der Waals surface area contributed by atoms with Crippen LogP contribution < -0.4 is 0 Å². The second kappa shape index (κ2) is 51.8. The van der Waals surface area contributed by atoms with E-state index in [1.165, 1.54) is 205 Å². The van der Waals surface area contributed by atoms with Gasteiger partial charge in [-0.1, -0.05) is 258 Å². The van der Waals surface area contributed by atoms with E-state index >= 15 is 0 Å². The summed E-state index contributed by atoms with van der Waals surface area (Å²) in [5, 5.41) is 0. The number of unbranched alkanes of at least 4 members (excludes halogenated alkanes) is 38. The topological polar surface area (TPSA) is 78.9 Å².